The van der Waals surface area contributed by atoms with Crippen LogP contribution in [0.4, 0.5) is 5.69 Å². The van der Waals surface area contributed by atoms with Crippen LogP contribution in [0.2, 0.25) is 0 Å². The van der Waals surface area contributed by atoms with Crippen molar-refractivity contribution < 1.29 is 9.59 Å². The average molecular weight is 534 g/mol. The molecule has 4 aromatic heterocycles. The Morgan fingerprint density at radius 1 is 1.14 bits per heavy atom. The zero-order valence-corrected chi connectivity index (χ0v) is 22.3. The highest BCUT2D eigenvalue weighted by atomic mass is 32.2. The molecule has 37 heavy (non-hydrogen) atoms. The number of carbonyl (C=O) groups excluding carboxylic acids is 2. The zero-order valence-electron chi connectivity index (χ0n) is 20.6. The lowest BCUT2D eigenvalue weighted by Gasteiger charge is -2.31. The van der Waals surface area contributed by atoms with Crippen LogP contribution in [0, 0.1) is 13.8 Å². The summed E-state index contributed by atoms with van der Waals surface area (Å²) in [5.74, 6) is 1.10. The first-order valence-electron chi connectivity index (χ1n) is 12.0. The van der Waals surface area contributed by atoms with Crippen LogP contribution < -0.4 is 5.32 Å². The molecule has 9 nitrogen and oxygen atoms in total. The van der Waals surface area contributed by atoms with Crippen molar-refractivity contribution in [3.63, 3.8) is 0 Å². The summed E-state index contributed by atoms with van der Waals surface area (Å²) in [5, 5.41) is 10.2. The number of nitrogens with zero attached hydrogens (tertiary/aromatic N) is 6. The summed E-state index contributed by atoms with van der Waals surface area (Å²) in [5.41, 5.74) is 2.77. The second-order valence-corrected chi connectivity index (χ2v) is 10.8. The van der Waals surface area contributed by atoms with Crippen molar-refractivity contribution in [2.75, 3.05) is 24.2 Å². The third-order valence-corrected chi connectivity index (χ3v) is 8.21. The lowest BCUT2D eigenvalue weighted by Crippen LogP contribution is -2.38. The van der Waals surface area contributed by atoms with Gasteiger partial charge in [0, 0.05) is 53.6 Å². The van der Waals surface area contributed by atoms with Crippen LogP contribution in [0.1, 0.15) is 45.6 Å². The minimum Gasteiger partial charge on any atom is -0.342 e. The van der Waals surface area contributed by atoms with E-state index < -0.39 is 0 Å². The number of pyridine rings is 2. The van der Waals surface area contributed by atoms with Gasteiger partial charge in [0.15, 0.2) is 5.82 Å². The lowest BCUT2D eigenvalue weighted by atomic mass is 9.97. The number of thioether (sulfide) groups is 1. The summed E-state index contributed by atoms with van der Waals surface area (Å²) in [4.78, 5) is 41.7. The minimum absolute atomic E-state index is 0.148. The zero-order chi connectivity index (χ0) is 25.8. The number of thiazole rings is 1. The molecule has 4 aromatic rings. The van der Waals surface area contributed by atoms with Crippen molar-refractivity contribution in [3.05, 3.63) is 76.4 Å². The van der Waals surface area contributed by atoms with Crippen LogP contribution >= 0.6 is 23.1 Å². The Kier molecular flexibility index (Phi) is 7.61. The molecule has 1 aliphatic heterocycles. The van der Waals surface area contributed by atoms with Gasteiger partial charge in [-0.05, 0) is 57.0 Å². The molecular weight excluding hydrogens is 506 g/mol. The van der Waals surface area contributed by atoms with Gasteiger partial charge in [0.2, 0.25) is 5.91 Å². The Labute approximate surface area is 223 Å². The molecule has 0 spiro atoms. The van der Waals surface area contributed by atoms with E-state index in [1.54, 1.807) is 34.7 Å². The molecule has 11 heteroatoms. The molecule has 0 aromatic carbocycles. The number of hydrogen-bond donors (Lipinski definition) is 1. The molecule has 5 heterocycles. The first-order chi connectivity index (χ1) is 18.0. The van der Waals surface area contributed by atoms with E-state index in [2.05, 4.69) is 25.4 Å². The third-order valence-electron chi connectivity index (χ3n) is 6.21. The lowest BCUT2D eigenvalue weighted by molar-refractivity contribution is -0.129. The minimum atomic E-state index is -0.279. The van der Waals surface area contributed by atoms with Crippen LogP contribution in [0.3, 0.4) is 0 Å². The molecule has 2 amide bonds. The quantitative estimate of drug-likeness (QED) is 0.349. The number of likely N-dealkylation sites (tertiary alicyclic amines) is 1. The highest BCUT2D eigenvalue weighted by molar-refractivity contribution is 8.00. The maximum atomic E-state index is 13.0. The normalized spacial score (nSPS) is 14.1. The number of nitrogens with one attached hydrogen (secondary N) is 1. The molecule has 1 saturated heterocycles. The number of aryl methyl sites for hydroxylation is 2. The van der Waals surface area contributed by atoms with Gasteiger partial charge in [0.25, 0.3) is 5.91 Å². The van der Waals surface area contributed by atoms with Crippen LogP contribution in [0.5, 0.6) is 0 Å². The second kappa shape index (κ2) is 11.2. The highest BCUT2D eigenvalue weighted by Crippen LogP contribution is 2.31. The van der Waals surface area contributed by atoms with Crippen molar-refractivity contribution in [2.45, 2.75) is 37.5 Å². The van der Waals surface area contributed by atoms with Crippen LogP contribution in [0.15, 0.2) is 59.2 Å². The number of anilines is 1. The largest absolute Gasteiger partial charge is 0.342 e. The standard InChI is InChI=1S/C26H27N7O2S2/c1-17-14-18(2)33(31-17)24-21(4-3-9-28-24)29-25(35)22-15-37-26(30-22)19-7-12-32(13-8-19)23(34)16-36-20-5-10-27-11-6-20/h3-6,9-11,14-15,19H,7-8,12-13,16H2,1-2H3,(H,29,35). The van der Waals surface area contributed by atoms with Gasteiger partial charge >= 0.3 is 0 Å². The number of rotatable bonds is 7. The molecular formula is C26H27N7O2S2. The van der Waals surface area contributed by atoms with Crippen molar-refractivity contribution in [1.29, 1.82) is 0 Å². The highest BCUT2D eigenvalue weighted by Gasteiger charge is 2.26. The van der Waals surface area contributed by atoms with Gasteiger partial charge < -0.3 is 10.2 Å². The average Bonchev–Trinajstić information content (AvgIpc) is 3.55. The molecule has 0 atom stereocenters. The van der Waals surface area contributed by atoms with Crippen molar-refractivity contribution in [1.82, 2.24) is 29.6 Å². The molecule has 1 aliphatic rings. The first-order valence-corrected chi connectivity index (χ1v) is 13.9. The van der Waals surface area contributed by atoms with E-state index in [0.29, 0.717) is 36.0 Å². The first kappa shape index (κ1) is 25.1. The second-order valence-electron chi connectivity index (χ2n) is 8.87. The van der Waals surface area contributed by atoms with Crippen molar-refractivity contribution >= 4 is 40.6 Å². The molecule has 0 radical (unpaired) electrons. The number of piperidine rings is 1. The fourth-order valence-corrected chi connectivity index (χ4v) is 6.08. The van der Waals surface area contributed by atoms with E-state index in [4.69, 9.17) is 0 Å². The van der Waals surface area contributed by atoms with Gasteiger partial charge in [-0.2, -0.15) is 5.10 Å². The molecule has 5 rings (SSSR count). The van der Waals surface area contributed by atoms with Crippen LogP contribution in [-0.4, -0.2) is 60.3 Å². The Balaban J connectivity index is 1.18. The molecule has 1 fully saturated rings. The van der Waals surface area contributed by atoms with E-state index in [1.807, 2.05) is 43.0 Å². The SMILES string of the molecule is Cc1cc(C)n(-c2ncccc2NC(=O)c2csc(C3CCN(C(=O)CSc4ccncc4)CC3)n2)n1. The van der Waals surface area contributed by atoms with Crippen molar-refractivity contribution in [3.8, 4) is 5.82 Å². The summed E-state index contributed by atoms with van der Waals surface area (Å²) in [6, 6.07) is 9.38. The summed E-state index contributed by atoms with van der Waals surface area (Å²) in [6.45, 7) is 5.27. The predicted molar refractivity (Wildman–Crippen MR) is 144 cm³/mol. The summed E-state index contributed by atoms with van der Waals surface area (Å²) in [6.07, 6.45) is 6.82. The third kappa shape index (κ3) is 5.89. The topological polar surface area (TPSA) is 106 Å². The predicted octanol–water partition coefficient (Wildman–Crippen LogP) is 4.49. The van der Waals surface area contributed by atoms with Gasteiger partial charge in [-0.25, -0.2) is 14.6 Å². The van der Waals surface area contributed by atoms with E-state index in [9.17, 15) is 9.59 Å². The van der Waals surface area contributed by atoms with Crippen LogP contribution in [0.25, 0.3) is 5.82 Å². The van der Waals surface area contributed by atoms with Gasteiger partial charge in [0.05, 0.1) is 22.1 Å². The Morgan fingerprint density at radius 3 is 2.65 bits per heavy atom. The van der Waals surface area contributed by atoms with Crippen molar-refractivity contribution in [2.24, 2.45) is 0 Å². The van der Waals surface area contributed by atoms with Gasteiger partial charge in [-0.3, -0.25) is 14.6 Å². The monoisotopic (exact) mass is 533 g/mol. The summed E-state index contributed by atoms with van der Waals surface area (Å²) in [7, 11) is 0. The molecule has 0 unspecified atom stereocenters. The van der Waals surface area contributed by atoms with Crippen LogP contribution in [-0.2, 0) is 4.79 Å². The van der Waals surface area contributed by atoms with E-state index in [1.165, 1.54) is 23.1 Å². The maximum absolute atomic E-state index is 13.0. The molecule has 0 bridgehead atoms. The molecule has 190 valence electrons. The fraction of sp³-hybridized carbons (Fsp3) is 0.308. The Hall–Kier alpha value is -3.57. The summed E-state index contributed by atoms with van der Waals surface area (Å²) < 4.78 is 1.72. The fourth-order valence-electron chi connectivity index (χ4n) is 4.32. The Morgan fingerprint density at radius 2 is 1.92 bits per heavy atom. The van der Waals surface area contributed by atoms with Gasteiger partial charge in [-0.1, -0.05) is 0 Å². The molecule has 0 aliphatic carbocycles. The maximum Gasteiger partial charge on any atom is 0.275 e. The molecule has 1 N–H and O–H groups in total. The number of hydrogen-bond acceptors (Lipinski definition) is 8. The van der Waals surface area contributed by atoms with Gasteiger partial charge in [-0.15, -0.1) is 23.1 Å². The number of aromatic nitrogens is 5. The van der Waals surface area contributed by atoms with E-state index in [-0.39, 0.29) is 17.7 Å². The van der Waals surface area contributed by atoms with E-state index in [0.717, 1.165) is 34.1 Å². The number of carbonyl (C=O) groups is 2. The number of amides is 2. The van der Waals surface area contributed by atoms with E-state index >= 15 is 0 Å². The molecule has 0 saturated carbocycles. The van der Waals surface area contributed by atoms with Gasteiger partial charge in [0.1, 0.15) is 5.69 Å². The smallest absolute Gasteiger partial charge is 0.275 e. The Bertz CT molecular complexity index is 1390. The summed E-state index contributed by atoms with van der Waals surface area (Å²) >= 11 is 3.03.